The maximum absolute atomic E-state index is 7.85. The van der Waals surface area contributed by atoms with Crippen molar-refractivity contribution in [3.8, 4) is 33.8 Å². The van der Waals surface area contributed by atoms with Crippen LogP contribution in [0.2, 0.25) is 0 Å². The predicted molar refractivity (Wildman–Crippen MR) is 169 cm³/mol. The van der Waals surface area contributed by atoms with Gasteiger partial charge in [0.1, 0.15) is 0 Å². The van der Waals surface area contributed by atoms with Gasteiger partial charge in [0.2, 0.25) is 0 Å². The molecule has 0 saturated carbocycles. The standard InChI is InChI=1S/C37H24N4/c1-23-13-14-25-16-17-26-19-20-31(39-35(26)34(25)38-23)28-9-6-10-29(22-28)36-37(41-33-12-5-4-11-32(33)40-36)30-18-15-24-7-2-3-8-27(24)21-30/h2-22H,1H3/i1D3. The molecule has 0 amide bonds. The Kier molecular flexibility index (Phi) is 4.64. The summed E-state index contributed by atoms with van der Waals surface area (Å²) in [5.74, 6) is 0. The van der Waals surface area contributed by atoms with Crippen LogP contribution in [0, 0.1) is 6.85 Å². The maximum atomic E-state index is 7.85. The van der Waals surface area contributed by atoms with E-state index in [2.05, 4.69) is 41.4 Å². The fourth-order valence-electron chi connectivity index (χ4n) is 5.49. The zero-order chi connectivity index (χ0) is 29.8. The summed E-state index contributed by atoms with van der Waals surface area (Å²) >= 11 is 0. The fourth-order valence-corrected chi connectivity index (χ4v) is 5.49. The quantitative estimate of drug-likeness (QED) is 0.215. The lowest BCUT2D eigenvalue weighted by Gasteiger charge is -2.13. The molecule has 5 aromatic carbocycles. The van der Waals surface area contributed by atoms with Gasteiger partial charge in [0.05, 0.1) is 39.1 Å². The van der Waals surface area contributed by atoms with E-state index >= 15 is 0 Å². The summed E-state index contributed by atoms with van der Waals surface area (Å²) < 4.78 is 23.5. The lowest BCUT2D eigenvalue weighted by Crippen LogP contribution is -1.96. The summed E-state index contributed by atoms with van der Waals surface area (Å²) in [5.41, 5.74) is 8.14. The number of rotatable bonds is 3. The van der Waals surface area contributed by atoms with Gasteiger partial charge in [0.15, 0.2) is 0 Å². The summed E-state index contributed by atoms with van der Waals surface area (Å²) in [6.07, 6.45) is 0. The fraction of sp³-hybridized carbons (Fsp3) is 0.0270. The first kappa shape index (κ1) is 20.4. The second-order valence-corrected chi connectivity index (χ2v) is 10.2. The molecular weight excluding hydrogens is 500 g/mol. The molecule has 0 spiro atoms. The van der Waals surface area contributed by atoms with Crippen LogP contribution < -0.4 is 0 Å². The smallest absolute Gasteiger partial charge is 0.0973 e. The Labute approximate surface area is 241 Å². The van der Waals surface area contributed by atoms with Gasteiger partial charge in [-0.3, -0.25) is 4.98 Å². The molecule has 3 heterocycles. The molecule has 0 saturated heterocycles. The lowest BCUT2D eigenvalue weighted by atomic mass is 9.98. The van der Waals surface area contributed by atoms with E-state index in [9.17, 15) is 0 Å². The van der Waals surface area contributed by atoms with Gasteiger partial charge in [-0.2, -0.15) is 0 Å². The van der Waals surface area contributed by atoms with E-state index < -0.39 is 6.85 Å². The molecule has 4 nitrogen and oxygen atoms in total. The summed E-state index contributed by atoms with van der Waals surface area (Å²) in [6, 6.07) is 42.1. The molecule has 0 N–H and O–H groups in total. The minimum atomic E-state index is -2.30. The number of benzene rings is 5. The molecule has 0 bridgehead atoms. The molecule has 0 atom stereocenters. The van der Waals surface area contributed by atoms with E-state index in [4.69, 9.17) is 19.1 Å². The maximum Gasteiger partial charge on any atom is 0.0973 e. The second-order valence-electron chi connectivity index (χ2n) is 10.2. The Bertz CT molecular complexity index is 2400. The molecular formula is C37H24N4. The van der Waals surface area contributed by atoms with Gasteiger partial charge < -0.3 is 0 Å². The van der Waals surface area contributed by atoms with E-state index in [1.807, 2.05) is 78.9 Å². The molecule has 0 aliphatic heterocycles. The van der Waals surface area contributed by atoms with Crippen molar-refractivity contribution >= 4 is 43.6 Å². The Hall–Kier alpha value is -5.48. The van der Waals surface area contributed by atoms with Crippen molar-refractivity contribution in [3.63, 3.8) is 0 Å². The van der Waals surface area contributed by atoms with Crippen molar-refractivity contribution in [2.75, 3.05) is 0 Å². The highest BCUT2D eigenvalue weighted by atomic mass is 14.8. The number of aromatic nitrogens is 4. The zero-order valence-corrected chi connectivity index (χ0v) is 21.9. The van der Waals surface area contributed by atoms with Crippen molar-refractivity contribution < 1.29 is 4.11 Å². The van der Waals surface area contributed by atoms with E-state index in [-0.39, 0.29) is 5.69 Å². The summed E-state index contributed by atoms with van der Waals surface area (Å²) in [5, 5.41) is 4.05. The van der Waals surface area contributed by atoms with Crippen molar-refractivity contribution in [1.82, 2.24) is 19.9 Å². The number of nitrogens with zero attached hydrogens (tertiary/aromatic N) is 4. The molecule has 8 aromatic rings. The largest absolute Gasteiger partial charge is 0.251 e. The van der Waals surface area contributed by atoms with Gasteiger partial charge in [0, 0.05) is 37.3 Å². The third-order valence-electron chi connectivity index (χ3n) is 7.54. The van der Waals surface area contributed by atoms with E-state index in [0.29, 0.717) is 11.0 Å². The Morgan fingerprint density at radius 1 is 0.439 bits per heavy atom. The van der Waals surface area contributed by atoms with Crippen molar-refractivity contribution in [3.05, 3.63) is 133 Å². The van der Waals surface area contributed by atoms with Gasteiger partial charge in [-0.05, 0) is 54.0 Å². The highest BCUT2D eigenvalue weighted by molar-refractivity contribution is 6.03. The highest BCUT2D eigenvalue weighted by Gasteiger charge is 2.15. The van der Waals surface area contributed by atoms with Gasteiger partial charge in [-0.1, -0.05) is 91.0 Å². The van der Waals surface area contributed by atoms with Crippen LogP contribution >= 0.6 is 0 Å². The molecule has 0 aliphatic carbocycles. The third kappa shape index (κ3) is 4.09. The molecule has 3 aromatic heterocycles. The number of para-hydroxylation sites is 2. The summed E-state index contributed by atoms with van der Waals surface area (Å²) in [7, 11) is 0. The van der Waals surface area contributed by atoms with Gasteiger partial charge in [0.25, 0.3) is 0 Å². The van der Waals surface area contributed by atoms with Gasteiger partial charge in [-0.25, -0.2) is 15.0 Å². The SMILES string of the molecule is [2H]C([2H])([2H])c1ccc2ccc3ccc(-c4cccc(-c5nc6ccccc6nc5-c5ccc6ccccc6c5)c4)nc3c2n1. The van der Waals surface area contributed by atoms with Crippen molar-refractivity contribution in [2.45, 2.75) is 6.85 Å². The highest BCUT2D eigenvalue weighted by Crippen LogP contribution is 2.35. The van der Waals surface area contributed by atoms with E-state index in [0.717, 1.165) is 61.0 Å². The van der Waals surface area contributed by atoms with Crippen LogP contribution in [0.1, 0.15) is 9.81 Å². The summed E-state index contributed by atoms with van der Waals surface area (Å²) in [6.45, 7) is -2.30. The first-order valence-electron chi connectivity index (χ1n) is 15.0. The van der Waals surface area contributed by atoms with E-state index in [1.54, 1.807) is 12.1 Å². The summed E-state index contributed by atoms with van der Waals surface area (Å²) in [4.78, 5) is 19.8. The van der Waals surface area contributed by atoms with Gasteiger partial charge in [-0.15, -0.1) is 0 Å². The molecule has 192 valence electrons. The van der Waals surface area contributed by atoms with Gasteiger partial charge >= 0.3 is 0 Å². The molecule has 0 unspecified atom stereocenters. The average Bonchev–Trinajstić information content (AvgIpc) is 3.06. The van der Waals surface area contributed by atoms with Crippen LogP contribution in [0.5, 0.6) is 0 Å². The minimum absolute atomic E-state index is 0.0581. The molecule has 4 heteroatoms. The minimum Gasteiger partial charge on any atom is -0.251 e. The van der Waals surface area contributed by atoms with Crippen LogP contribution in [0.15, 0.2) is 127 Å². The number of pyridine rings is 2. The first-order valence-corrected chi connectivity index (χ1v) is 13.5. The number of fused-ring (bicyclic) bond motifs is 5. The predicted octanol–water partition coefficient (Wildman–Crippen LogP) is 9.19. The van der Waals surface area contributed by atoms with Crippen molar-refractivity contribution in [2.24, 2.45) is 0 Å². The lowest BCUT2D eigenvalue weighted by molar-refractivity contribution is 1.25. The molecule has 0 radical (unpaired) electrons. The molecule has 8 rings (SSSR count). The number of aryl methyl sites for hydroxylation is 1. The zero-order valence-electron chi connectivity index (χ0n) is 24.9. The number of hydrogen-bond donors (Lipinski definition) is 0. The van der Waals surface area contributed by atoms with E-state index in [1.165, 1.54) is 5.39 Å². The van der Waals surface area contributed by atoms with Crippen LogP contribution in [0.3, 0.4) is 0 Å². The van der Waals surface area contributed by atoms with Crippen LogP contribution in [-0.4, -0.2) is 19.9 Å². The Morgan fingerprint density at radius 3 is 1.83 bits per heavy atom. The Balaban J connectivity index is 1.30. The Morgan fingerprint density at radius 2 is 1.05 bits per heavy atom. The second kappa shape index (κ2) is 9.32. The average molecular weight is 528 g/mol. The van der Waals surface area contributed by atoms with Crippen LogP contribution in [0.25, 0.3) is 77.4 Å². The third-order valence-corrected chi connectivity index (χ3v) is 7.54. The molecule has 41 heavy (non-hydrogen) atoms. The first-order chi connectivity index (χ1) is 21.4. The molecule has 0 fully saturated rings. The topological polar surface area (TPSA) is 51.6 Å². The number of hydrogen-bond acceptors (Lipinski definition) is 4. The van der Waals surface area contributed by atoms with Crippen LogP contribution in [-0.2, 0) is 0 Å². The molecule has 0 aliphatic rings. The van der Waals surface area contributed by atoms with Crippen molar-refractivity contribution in [1.29, 1.82) is 0 Å². The monoisotopic (exact) mass is 527 g/mol. The normalized spacial score (nSPS) is 12.9. The van der Waals surface area contributed by atoms with Crippen LogP contribution in [0.4, 0.5) is 0 Å².